The normalized spacial score (nSPS) is 4.25. The molecule has 0 spiro atoms. The van der Waals surface area contributed by atoms with Gasteiger partial charge >= 0.3 is 0 Å². The average molecular weight is 73.0 g/mol. The molecule has 0 aliphatic heterocycles. The summed E-state index contributed by atoms with van der Waals surface area (Å²) < 4.78 is 3.29. The molecule has 1 unspecified atom stereocenters. The SMILES string of the molecule is C=C=NP. The van der Waals surface area contributed by atoms with Gasteiger partial charge in [0.1, 0.15) is 0 Å². The quantitative estimate of drug-likeness (QED) is 0.294. The van der Waals surface area contributed by atoms with E-state index in [-0.39, 0.29) is 0 Å². The van der Waals surface area contributed by atoms with Gasteiger partial charge in [0.05, 0.1) is 0 Å². The summed E-state index contributed by atoms with van der Waals surface area (Å²) in [5.74, 6) is 2.27. The lowest BCUT2D eigenvalue weighted by atomic mass is 11.2. The second-order valence-corrected chi connectivity index (χ2v) is 0.545. The van der Waals surface area contributed by atoms with Crippen LogP contribution in [-0.4, -0.2) is 5.87 Å². The van der Waals surface area contributed by atoms with Gasteiger partial charge in [-0.1, -0.05) is 0 Å². The molecule has 0 radical (unpaired) electrons. The van der Waals surface area contributed by atoms with Crippen molar-refractivity contribution in [3.05, 3.63) is 6.58 Å². The van der Waals surface area contributed by atoms with E-state index in [1.807, 2.05) is 0 Å². The van der Waals surface area contributed by atoms with E-state index in [0.29, 0.717) is 0 Å². The van der Waals surface area contributed by atoms with Gasteiger partial charge in [-0.15, -0.1) is 0 Å². The highest BCUT2D eigenvalue weighted by molar-refractivity contribution is 7.14. The van der Waals surface area contributed by atoms with E-state index < -0.39 is 0 Å². The Hall–Kier alpha value is -0.120. The molecule has 0 aromatic carbocycles. The Morgan fingerprint density at radius 1 is 2.00 bits per heavy atom. The van der Waals surface area contributed by atoms with Crippen molar-refractivity contribution in [2.75, 3.05) is 0 Å². The Kier molecular flexibility index (Phi) is 2.79. The summed E-state index contributed by atoms with van der Waals surface area (Å²) in [4.78, 5) is 0. The maximum atomic E-state index is 3.29. The van der Waals surface area contributed by atoms with Gasteiger partial charge in [0.15, 0.2) is 0 Å². The second-order valence-electron chi connectivity index (χ2n) is 0.287. The summed E-state index contributed by atoms with van der Waals surface area (Å²) in [5, 5.41) is 0. The molecule has 0 saturated carbocycles. The van der Waals surface area contributed by atoms with Crippen LogP contribution in [0.2, 0.25) is 0 Å². The molecule has 0 aromatic rings. The molecule has 1 atom stereocenters. The van der Waals surface area contributed by atoms with E-state index in [9.17, 15) is 0 Å². The third kappa shape index (κ3) is 1.88. The van der Waals surface area contributed by atoms with Crippen molar-refractivity contribution in [3.8, 4) is 0 Å². The van der Waals surface area contributed by atoms with Crippen LogP contribution in [0.3, 0.4) is 0 Å². The third-order valence-electron chi connectivity index (χ3n) is 0.0913. The standard InChI is InChI=1S/C2H4NP/c1-2-3-4/h1,4H2. The first kappa shape index (κ1) is 3.88. The molecule has 0 aromatic heterocycles. The molecule has 4 heavy (non-hydrogen) atoms. The molecule has 0 heterocycles. The second kappa shape index (κ2) is 2.88. The van der Waals surface area contributed by atoms with Gasteiger partial charge in [0, 0.05) is 0 Å². The Labute approximate surface area is 27.7 Å². The number of nitrogens with zero attached hydrogens (tertiary/aromatic N) is 1. The zero-order valence-corrected chi connectivity index (χ0v) is 3.39. The van der Waals surface area contributed by atoms with Gasteiger partial charge in [0.25, 0.3) is 0 Å². The van der Waals surface area contributed by atoms with Gasteiger partial charge in [-0.25, -0.2) is 4.76 Å². The highest BCUT2D eigenvalue weighted by Gasteiger charge is 1.21. The smallest absolute Gasteiger partial charge is 0.00259 e. The fourth-order valence-electron chi connectivity index (χ4n) is 0. The van der Waals surface area contributed by atoms with E-state index in [0.717, 1.165) is 0 Å². The molecule has 1 nitrogen and oxygen atoms in total. The summed E-state index contributed by atoms with van der Waals surface area (Å²) in [5.41, 5.74) is 0. The van der Waals surface area contributed by atoms with Gasteiger partial charge in [0.2, 0.25) is 0 Å². The van der Waals surface area contributed by atoms with E-state index in [1.165, 1.54) is 0 Å². The lowest BCUT2D eigenvalue weighted by Crippen LogP contribution is -1.20. The van der Waals surface area contributed by atoms with Crippen LogP contribution >= 0.6 is 9.39 Å². The highest BCUT2D eigenvalue weighted by Crippen LogP contribution is 1.69. The third-order valence-corrected chi connectivity index (χ3v) is 0.274. The van der Waals surface area contributed by atoms with Crippen molar-refractivity contribution in [2.45, 2.75) is 0 Å². The summed E-state index contributed by atoms with van der Waals surface area (Å²) in [6.07, 6.45) is 0. The Bertz CT molecular complexity index is 44.0. The van der Waals surface area contributed by atoms with Crippen LogP contribution in [-0.2, 0) is 0 Å². The van der Waals surface area contributed by atoms with Crippen LogP contribution < -0.4 is 0 Å². The molecule has 0 amide bonds. The first-order valence-corrected chi connectivity index (χ1v) is 1.35. The van der Waals surface area contributed by atoms with E-state index in [4.69, 9.17) is 0 Å². The maximum Gasteiger partial charge on any atom is -0.00259 e. The fourth-order valence-corrected chi connectivity index (χ4v) is 0. The first-order chi connectivity index (χ1) is 1.91. The van der Waals surface area contributed by atoms with Gasteiger partial charge in [-0.3, -0.25) is 0 Å². The molecule has 0 bridgehead atoms. The predicted molar refractivity (Wildman–Crippen MR) is 22.8 cm³/mol. The number of rotatable bonds is 0. The minimum atomic E-state index is 2.11. The van der Waals surface area contributed by atoms with Crippen LogP contribution in [0.4, 0.5) is 0 Å². The number of hydrogen-bond acceptors (Lipinski definition) is 1. The maximum absolute atomic E-state index is 3.29. The average Bonchev–Trinajstić information content (AvgIpc) is 1.37. The van der Waals surface area contributed by atoms with Crippen molar-refractivity contribution in [3.63, 3.8) is 0 Å². The van der Waals surface area contributed by atoms with Crippen LogP contribution in [0.25, 0.3) is 0 Å². The predicted octanol–water partition coefficient (Wildman–Crippen LogP) is 0.632. The molecular weight excluding hydrogens is 69.0 g/mol. The van der Waals surface area contributed by atoms with Crippen molar-refractivity contribution in [1.82, 2.24) is 0 Å². The molecule has 0 N–H and O–H groups in total. The largest absolute Gasteiger partial charge is 0.227 e. The summed E-state index contributed by atoms with van der Waals surface area (Å²) in [6.45, 7) is 3.17. The van der Waals surface area contributed by atoms with Crippen molar-refractivity contribution in [2.24, 2.45) is 4.76 Å². The Morgan fingerprint density at radius 2 is 2.25 bits per heavy atom. The zero-order valence-electron chi connectivity index (χ0n) is 2.23. The van der Waals surface area contributed by atoms with Crippen LogP contribution in [0.5, 0.6) is 0 Å². The molecule has 0 fully saturated rings. The van der Waals surface area contributed by atoms with Crippen LogP contribution in [0.1, 0.15) is 0 Å². The molecule has 2 heteroatoms. The lowest BCUT2D eigenvalue weighted by molar-refractivity contribution is 2.03. The molecule has 0 rings (SSSR count). The van der Waals surface area contributed by atoms with E-state index in [1.54, 1.807) is 0 Å². The van der Waals surface area contributed by atoms with Gasteiger partial charge < -0.3 is 0 Å². The van der Waals surface area contributed by atoms with Crippen LogP contribution in [0, 0.1) is 0 Å². The van der Waals surface area contributed by atoms with E-state index >= 15 is 0 Å². The molecule has 0 saturated heterocycles. The molecule has 0 aliphatic carbocycles. The lowest BCUT2D eigenvalue weighted by Gasteiger charge is -1.42. The molecule has 22 valence electrons. The highest BCUT2D eigenvalue weighted by atomic mass is 31.0. The van der Waals surface area contributed by atoms with E-state index in [2.05, 4.69) is 26.6 Å². The fraction of sp³-hybridized carbons (Fsp3) is 0. The van der Waals surface area contributed by atoms with Crippen molar-refractivity contribution in [1.29, 1.82) is 0 Å². The monoisotopic (exact) mass is 73.0 g/mol. The number of hydrogen-bond donors (Lipinski definition) is 0. The van der Waals surface area contributed by atoms with Crippen molar-refractivity contribution < 1.29 is 0 Å². The summed E-state index contributed by atoms with van der Waals surface area (Å²) in [6, 6.07) is 0. The van der Waals surface area contributed by atoms with Crippen LogP contribution in [0.15, 0.2) is 11.3 Å². The van der Waals surface area contributed by atoms with Crippen molar-refractivity contribution >= 4 is 15.3 Å². The summed E-state index contributed by atoms with van der Waals surface area (Å²) >= 11 is 0. The van der Waals surface area contributed by atoms with Gasteiger partial charge in [-0.05, 0) is 21.8 Å². The zero-order chi connectivity index (χ0) is 3.41. The Morgan fingerprint density at radius 3 is 2.25 bits per heavy atom. The van der Waals surface area contributed by atoms with Gasteiger partial charge in [-0.2, -0.15) is 0 Å². The summed E-state index contributed by atoms with van der Waals surface area (Å²) in [7, 11) is 2.11. The first-order valence-electron chi connectivity index (χ1n) is 0.835. The molecule has 0 aliphatic rings. The Balaban J connectivity index is 3.11. The minimum Gasteiger partial charge on any atom is -0.227 e. The topological polar surface area (TPSA) is 12.4 Å². The molecular formula is C2H4NP. The minimum absolute atomic E-state index is 2.11.